The topological polar surface area (TPSA) is 90.1 Å². The second-order valence-corrected chi connectivity index (χ2v) is 6.44. The van der Waals surface area contributed by atoms with E-state index in [2.05, 4.69) is 15.5 Å². The van der Waals surface area contributed by atoms with Crippen molar-refractivity contribution in [3.05, 3.63) is 5.82 Å². The average Bonchev–Trinajstić information content (AvgIpc) is 2.79. The van der Waals surface area contributed by atoms with Crippen molar-refractivity contribution in [3.63, 3.8) is 0 Å². The number of carboxylic acids is 1. The summed E-state index contributed by atoms with van der Waals surface area (Å²) in [6.45, 7) is 9.69. The van der Waals surface area contributed by atoms with Crippen LogP contribution in [0.4, 0.5) is 0 Å². The number of aromatic nitrogens is 4. The van der Waals surface area contributed by atoms with Gasteiger partial charge in [-0.15, -0.1) is 5.10 Å². The fraction of sp³-hybridized carbons (Fsp3) is 0.857. The molecule has 0 aliphatic carbocycles. The number of carboxylic acid groups (broad SMARTS) is 1. The van der Waals surface area contributed by atoms with Crippen LogP contribution >= 0.6 is 0 Å². The largest absolute Gasteiger partial charge is 0.481 e. The summed E-state index contributed by atoms with van der Waals surface area (Å²) in [5.74, 6) is -0.635. The minimum Gasteiger partial charge on any atom is -0.481 e. The summed E-state index contributed by atoms with van der Waals surface area (Å²) < 4.78 is 7.00. The van der Waals surface area contributed by atoms with Gasteiger partial charge < -0.3 is 9.84 Å². The van der Waals surface area contributed by atoms with Crippen LogP contribution < -0.4 is 0 Å². The van der Waals surface area contributed by atoms with Gasteiger partial charge in [-0.2, -0.15) is 0 Å². The first-order valence-electron chi connectivity index (χ1n) is 7.39. The van der Waals surface area contributed by atoms with Crippen LogP contribution in [0.5, 0.6) is 0 Å². The molecule has 0 aliphatic rings. The van der Waals surface area contributed by atoms with Gasteiger partial charge in [0.15, 0.2) is 5.82 Å². The molecule has 1 unspecified atom stereocenters. The minimum atomic E-state index is -0.811. The Kier molecular flexibility index (Phi) is 6.74. The molecule has 7 heteroatoms. The van der Waals surface area contributed by atoms with Crippen LogP contribution in [-0.4, -0.2) is 44.5 Å². The summed E-state index contributed by atoms with van der Waals surface area (Å²) in [5.41, 5.74) is -0.0541. The highest BCUT2D eigenvalue weighted by Crippen LogP contribution is 2.25. The van der Waals surface area contributed by atoms with Crippen molar-refractivity contribution < 1.29 is 14.6 Å². The maximum Gasteiger partial charge on any atom is 0.308 e. The van der Waals surface area contributed by atoms with E-state index in [9.17, 15) is 9.90 Å². The molecular formula is C14H26N4O3. The van der Waals surface area contributed by atoms with Crippen LogP contribution in [0.25, 0.3) is 0 Å². The van der Waals surface area contributed by atoms with E-state index in [0.29, 0.717) is 38.4 Å². The second kappa shape index (κ2) is 8.07. The number of aliphatic carboxylic acids is 1. The number of hydrogen-bond acceptors (Lipinski definition) is 5. The van der Waals surface area contributed by atoms with Crippen LogP contribution in [-0.2, 0) is 22.5 Å². The van der Waals surface area contributed by atoms with Crippen molar-refractivity contribution in [1.29, 1.82) is 0 Å². The SMILES string of the molecule is CCCOCCc1nnnn1CC(CC(C)(C)C)C(=O)O. The van der Waals surface area contributed by atoms with E-state index in [-0.39, 0.29) is 5.41 Å². The van der Waals surface area contributed by atoms with Gasteiger partial charge in [0.1, 0.15) is 0 Å². The van der Waals surface area contributed by atoms with Crippen molar-refractivity contribution in [3.8, 4) is 0 Å². The fourth-order valence-electron chi connectivity index (χ4n) is 2.13. The highest BCUT2D eigenvalue weighted by Gasteiger charge is 2.26. The van der Waals surface area contributed by atoms with Crippen molar-refractivity contribution in [2.24, 2.45) is 11.3 Å². The Hall–Kier alpha value is -1.50. The molecule has 0 fully saturated rings. The Morgan fingerprint density at radius 3 is 2.67 bits per heavy atom. The molecule has 1 aromatic heterocycles. The molecule has 1 aromatic rings. The van der Waals surface area contributed by atoms with Gasteiger partial charge in [0.25, 0.3) is 0 Å². The molecule has 0 aromatic carbocycles. The van der Waals surface area contributed by atoms with E-state index < -0.39 is 11.9 Å². The summed E-state index contributed by atoms with van der Waals surface area (Å²) in [5, 5.41) is 20.9. The van der Waals surface area contributed by atoms with Gasteiger partial charge in [0, 0.05) is 13.0 Å². The maximum absolute atomic E-state index is 11.4. The smallest absolute Gasteiger partial charge is 0.308 e. The number of carbonyl (C=O) groups is 1. The van der Waals surface area contributed by atoms with E-state index >= 15 is 0 Å². The molecule has 21 heavy (non-hydrogen) atoms. The molecule has 1 heterocycles. The zero-order valence-corrected chi connectivity index (χ0v) is 13.4. The molecule has 1 N–H and O–H groups in total. The first-order chi connectivity index (χ1) is 9.83. The van der Waals surface area contributed by atoms with E-state index in [0.717, 1.165) is 6.42 Å². The first-order valence-corrected chi connectivity index (χ1v) is 7.39. The number of rotatable bonds is 9. The third-order valence-electron chi connectivity index (χ3n) is 3.03. The molecule has 0 spiro atoms. The minimum absolute atomic E-state index is 0.0541. The van der Waals surface area contributed by atoms with Crippen LogP contribution in [0, 0.1) is 11.3 Å². The molecule has 0 bridgehead atoms. The standard InChI is InChI=1S/C14H26N4O3/c1-5-7-21-8-6-12-15-16-17-18(12)10-11(13(19)20)9-14(2,3)4/h11H,5-10H2,1-4H3,(H,19,20). The Bertz CT molecular complexity index is 440. The molecular weight excluding hydrogens is 272 g/mol. The quantitative estimate of drug-likeness (QED) is 0.699. The Morgan fingerprint density at radius 2 is 2.10 bits per heavy atom. The highest BCUT2D eigenvalue weighted by atomic mass is 16.5. The van der Waals surface area contributed by atoms with Gasteiger partial charge in [-0.05, 0) is 28.7 Å². The Morgan fingerprint density at radius 1 is 1.38 bits per heavy atom. The van der Waals surface area contributed by atoms with E-state index in [1.807, 2.05) is 27.7 Å². The summed E-state index contributed by atoms with van der Waals surface area (Å²) in [6.07, 6.45) is 2.14. The summed E-state index contributed by atoms with van der Waals surface area (Å²) in [6, 6.07) is 0. The number of tetrazole rings is 1. The lowest BCUT2D eigenvalue weighted by atomic mass is 9.84. The number of hydrogen-bond donors (Lipinski definition) is 1. The lowest BCUT2D eigenvalue weighted by molar-refractivity contribution is -0.143. The fourth-order valence-corrected chi connectivity index (χ4v) is 2.13. The molecule has 0 aliphatic heterocycles. The van der Waals surface area contributed by atoms with Crippen molar-refractivity contribution in [2.75, 3.05) is 13.2 Å². The van der Waals surface area contributed by atoms with Gasteiger partial charge in [-0.25, -0.2) is 4.68 Å². The first kappa shape index (κ1) is 17.6. The Balaban J connectivity index is 2.63. The van der Waals surface area contributed by atoms with E-state index in [1.165, 1.54) is 0 Å². The molecule has 1 rings (SSSR count). The van der Waals surface area contributed by atoms with Crippen LogP contribution in [0.2, 0.25) is 0 Å². The second-order valence-electron chi connectivity index (χ2n) is 6.44. The third-order valence-corrected chi connectivity index (χ3v) is 3.03. The van der Waals surface area contributed by atoms with E-state index in [4.69, 9.17) is 4.74 Å². The van der Waals surface area contributed by atoms with E-state index in [1.54, 1.807) is 4.68 Å². The zero-order chi connectivity index (χ0) is 15.9. The van der Waals surface area contributed by atoms with Crippen molar-refractivity contribution >= 4 is 5.97 Å². The molecule has 7 nitrogen and oxygen atoms in total. The van der Waals surface area contributed by atoms with Crippen molar-refractivity contribution in [2.45, 2.75) is 53.5 Å². The van der Waals surface area contributed by atoms with Gasteiger partial charge in [0.05, 0.1) is 19.1 Å². The summed E-state index contributed by atoms with van der Waals surface area (Å²) >= 11 is 0. The third kappa shape index (κ3) is 6.66. The van der Waals surface area contributed by atoms with Gasteiger partial charge >= 0.3 is 5.97 Å². The average molecular weight is 298 g/mol. The van der Waals surface area contributed by atoms with Gasteiger partial charge in [-0.1, -0.05) is 27.7 Å². The number of ether oxygens (including phenoxy) is 1. The molecule has 120 valence electrons. The molecule has 1 atom stereocenters. The molecule has 0 amide bonds. The van der Waals surface area contributed by atoms with Crippen LogP contribution in [0.15, 0.2) is 0 Å². The van der Waals surface area contributed by atoms with Gasteiger partial charge in [0.2, 0.25) is 0 Å². The lowest BCUT2D eigenvalue weighted by Gasteiger charge is -2.23. The van der Waals surface area contributed by atoms with Crippen LogP contribution in [0.3, 0.4) is 0 Å². The monoisotopic (exact) mass is 298 g/mol. The summed E-state index contributed by atoms with van der Waals surface area (Å²) in [7, 11) is 0. The highest BCUT2D eigenvalue weighted by molar-refractivity contribution is 5.69. The Labute approximate surface area is 125 Å². The molecule has 0 radical (unpaired) electrons. The van der Waals surface area contributed by atoms with Crippen molar-refractivity contribution in [1.82, 2.24) is 20.2 Å². The molecule has 0 saturated carbocycles. The zero-order valence-electron chi connectivity index (χ0n) is 13.4. The van der Waals surface area contributed by atoms with Gasteiger partial charge in [-0.3, -0.25) is 4.79 Å². The number of nitrogens with zero attached hydrogens (tertiary/aromatic N) is 4. The molecule has 0 saturated heterocycles. The predicted octanol–water partition coefficient (Wildman–Crippen LogP) is 1.78. The summed E-state index contributed by atoms with van der Waals surface area (Å²) in [4.78, 5) is 11.4. The lowest BCUT2D eigenvalue weighted by Crippen LogP contribution is -2.26. The normalized spacial score (nSPS) is 13.3. The van der Waals surface area contributed by atoms with Crippen LogP contribution in [0.1, 0.15) is 46.4 Å². The maximum atomic E-state index is 11.4. The predicted molar refractivity (Wildman–Crippen MR) is 77.8 cm³/mol.